The summed E-state index contributed by atoms with van der Waals surface area (Å²) in [5.41, 5.74) is 1.38. The highest BCUT2D eigenvalue weighted by Crippen LogP contribution is 2.25. The Balaban J connectivity index is 1.35. The Hall–Kier alpha value is -3.36. The Bertz CT molecular complexity index is 862. The standard InChI is InChI=1S/C20H22N4O5/c25-18(15-10-21-22-11-15)23-8-6-16(7-9-23)24-17(13-29-20(24)27)19(26)28-12-14-4-2-1-3-5-14/h1-5,10-11,16-17H,6-9,12-13H2,(H,21,22)/t17-/m0/s1. The number of ether oxygens (including phenoxy) is 2. The number of esters is 1. The summed E-state index contributed by atoms with van der Waals surface area (Å²) in [4.78, 5) is 40.5. The van der Waals surface area contributed by atoms with E-state index in [0.29, 0.717) is 31.5 Å². The SMILES string of the molecule is O=C(OCc1ccccc1)[C@@H]1COC(=O)N1C1CCN(C(=O)c2cn[nH]c2)CC1. The first-order valence-electron chi connectivity index (χ1n) is 9.57. The van der Waals surface area contributed by atoms with Crippen LogP contribution in [0.5, 0.6) is 0 Å². The van der Waals surface area contributed by atoms with Crippen LogP contribution in [0.3, 0.4) is 0 Å². The average Bonchev–Trinajstić information content (AvgIpc) is 3.42. The fourth-order valence-corrected chi connectivity index (χ4v) is 3.74. The van der Waals surface area contributed by atoms with E-state index in [1.807, 2.05) is 30.3 Å². The summed E-state index contributed by atoms with van der Waals surface area (Å²) in [5.74, 6) is -0.573. The van der Waals surface area contributed by atoms with Crippen molar-refractivity contribution in [3.8, 4) is 0 Å². The lowest BCUT2D eigenvalue weighted by molar-refractivity contribution is -0.150. The van der Waals surface area contributed by atoms with Gasteiger partial charge in [0.05, 0.1) is 11.8 Å². The van der Waals surface area contributed by atoms with Gasteiger partial charge in [0, 0.05) is 25.3 Å². The van der Waals surface area contributed by atoms with Crippen molar-refractivity contribution in [2.24, 2.45) is 0 Å². The van der Waals surface area contributed by atoms with Gasteiger partial charge in [-0.3, -0.25) is 14.8 Å². The van der Waals surface area contributed by atoms with Gasteiger partial charge in [-0.2, -0.15) is 5.10 Å². The van der Waals surface area contributed by atoms with Crippen LogP contribution in [0.1, 0.15) is 28.8 Å². The normalized spacial score (nSPS) is 19.9. The van der Waals surface area contributed by atoms with E-state index in [2.05, 4.69) is 10.2 Å². The number of aromatic amines is 1. The van der Waals surface area contributed by atoms with Crippen LogP contribution in [0, 0.1) is 0 Å². The third-order valence-corrected chi connectivity index (χ3v) is 5.30. The Kier molecular flexibility index (Phi) is 5.46. The zero-order chi connectivity index (χ0) is 20.2. The van der Waals surface area contributed by atoms with Crippen LogP contribution >= 0.6 is 0 Å². The van der Waals surface area contributed by atoms with E-state index >= 15 is 0 Å². The molecule has 2 aliphatic heterocycles. The molecule has 1 atom stereocenters. The molecule has 2 saturated heterocycles. The third kappa shape index (κ3) is 4.08. The Morgan fingerprint density at radius 2 is 1.97 bits per heavy atom. The summed E-state index contributed by atoms with van der Waals surface area (Å²) in [7, 11) is 0. The molecule has 0 aliphatic carbocycles. The van der Waals surface area contributed by atoms with Crippen molar-refractivity contribution in [1.82, 2.24) is 20.0 Å². The van der Waals surface area contributed by atoms with Gasteiger partial charge in [0.15, 0.2) is 6.04 Å². The van der Waals surface area contributed by atoms with E-state index in [1.54, 1.807) is 11.1 Å². The fraction of sp³-hybridized carbons (Fsp3) is 0.400. The van der Waals surface area contributed by atoms with Gasteiger partial charge in [0.25, 0.3) is 5.91 Å². The smallest absolute Gasteiger partial charge is 0.410 e. The van der Waals surface area contributed by atoms with Crippen LogP contribution < -0.4 is 0 Å². The Morgan fingerprint density at radius 3 is 2.66 bits per heavy atom. The zero-order valence-electron chi connectivity index (χ0n) is 15.8. The summed E-state index contributed by atoms with van der Waals surface area (Å²) < 4.78 is 10.5. The summed E-state index contributed by atoms with van der Waals surface area (Å²) in [6.07, 6.45) is 3.68. The highest BCUT2D eigenvalue weighted by molar-refractivity contribution is 5.93. The number of H-pyrrole nitrogens is 1. The largest absolute Gasteiger partial charge is 0.459 e. The van der Waals surface area contributed by atoms with Crippen molar-refractivity contribution in [1.29, 1.82) is 0 Å². The van der Waals surface area contributed by atoms with Gasteiger partial charge in [-0.15, -0.1) is 0 Å². The summed E-state index contributed by atoms with van der Waals surface area (Å²) in [5, 5.41) is 6.43. The lowest BCUT2D eigenvalue weighted by Crippen LogP contribution is -2.52. The van der Waals surface area contributed by atoms with Crippen molar-refractivity contribution < 1.29 is 23.9 Å². The molecule has 2 fully saturated rings. The molecule has 29 heavy (non-hydrogen) atoms. The van der Waals surface area contributed by atoms with Gasteiger partial charge in [-0.25, -0.2) is 9.59 Å². The van der Waals surface area contributed by atoms with E-state index in [0.717, 1.165) is 5.56 Å². The monoisotopic (exact) mass is 398 g/mol. The van der Waals surface area contributed by atoms with Crippen molar-refractivity contribution in [2.75, 3.05) is 19.7 Å². The second kappa shape index (κ2) is 8.34. The molecule has 0 radical (unpaired) electrons. The van der Waals surface area contributed by atoms with Crippen molar-refractivity contribution in [3.05, 3.63) is 53.9 Å². The highest BCUT2D eigenvalue weighted by Gasteiger charge is 2.44. The van der Waals surface area contributed by atoms with E-state index in [9.17, 15) is 14.4 Å². The van der Waals surface area contributed by atoms with Crippen LogP contribution in [-0.4, -0.2) is 69.7 Å². The molecule has 2 aromatic rings. The van der Waals surface area contributed by atoms with Gasteiger partial charge < -0.3 is 14.4 Å². The van der Waals surface area contributed by atoms with Crippen LogP contribution in [0.25, 0.3) is 0 Å². The first kappa shape index (κ1) is 19.0. The van der Waals surface area contributed by atoms with Gasteiger partial charge in [-0.05, 0) is 18.4 Å². The summed E-state index contributed by atoms with van der Waals surface area (Å²) in [6.45, 7) is 1.12. The van der Waals surface area contributed by atoms with Crippen molar-refractivity contribution in [2.45, 2.75) is 31.5 Å². The molecule has 9 nitrogen and oxygen atoms in total. The van der Waals surface area contributed by atoms with Crippen LogP contribution in [-0.2, 0) is 20.9 Å². The highest BCUT2D eigenvalue weighted by atomic mass is 16.6. The van der Waals surface area contributed by atoms with E-state index in [4.69, 9.17) is 9.47 Å². The molecule has 152 valence electrons. The number of rotatable bonds is 5. The molecule has 2 aliphatic rings. The number of carbonyl (C=O) groups is 3. The molecular formula is C20H22N4O5. The van der Waals surface area contributed by atoms with E-state index < -0.39 is 18.1 Å². The van der Waals surface area contributed by atoms with Crippen molar-refractivity contribution >= 4 is 18.0 Å². The molecule has 9 heteroatoms. The number of nitrogens with zero attached hydrogens (tertiary/aromatic N) is 3. The van der Waals surface area contributed by atoms with Gasteiger partial charge in [0.2, 0.25) is 0 Å². The Labute approximate surface area is 167 Å². The van der Waals surface area contributed by atoms with Crippen LogP contribution in [0.4, 0.5) is 4.79 Å². The minimum absolute atomic E-state index is 0.0133. The molecule has 0 bridgehead atoms. The van der Waals surface area contributed by atoms with Gasteiger partial charge in [0.1, 0.15) is 13.2 Å². The van der Waals surface area contributed by atoms with E-state index in [1.165, 1.54) is 11.1 Å². The van der Waals surface area contributed by atoms with Gasteiger partial charge in [-0.1, -0.05) is 30.3 Å². The minimum atomic E-state index is -0.757. The minimum Gasteiger partial charge on any atom is -0.459 e. The number of cyclic esters (lactones) is 1. The second-order valence-electron chi connectivity index (χ2n) is 7.10. The van der Waals surface area contributed by atoms with Gasteiger partial charge >= 0.3 is 12.1 Å². The zero-order valence-corrected chi connectivity index (χ0v) is 15.8. The molecule has 2 amide bonds. The number of likely N-dealkylation sites (tertiary alicyclic amines) is 1. The maximum Gasteiger partial charge on any atom is 0.410 e. The van der Waals surface area contributed by atoms with Crippen LogP contribution in [0.15, 0.2) is 42.7 Å². The average molecular weight is 398 g/mol. The number of hydrogen-bond acceptors (Lipinski definition) is 6. The molecule has 1 N–H and O–H groups in total. The number of amides is 2. The predicted molar refractivity (Wildman–Crippen MR) is 101 cm³/mol. The van der Waals surface area contributed by atoms with Crippen molar-refractivity contribution in [3.63, 3.8) is 0 Å². The topological polar surface area (TPSA) is 105 Å². The molecule has 3 heterocycles. The van der Waals surface area contributed by atoms with E-state index in [-0.39, 0.29) is 25.2 Å². The fourth-order valence-electron chi connectivity index (χ4n) is 3.74. The molecule has 0 saturated carbocycles. The molecule has 4 rings (SSSR count). The molecule has 0 spiro atoms. The Morgan fingerprint density at radius 1 is 1.21 bits per heavy atom. The first-order valence-corrected chi connectivity index (χ1v) is 9.57. The second-order valence-corrected chi connectivity index (χ2v) is 7.10. The lowest BCUT2D eigenvalue weighted by Gasteiger charge is -2.37. The first-order chi connectivity index (χ1) is 14.1. The number of nitrogens with one attached hydrogen (secondary N) is 1. The lowest BCUT2D eigenvalue weighted by atomic mass is 10.0. The molecular weight excluding hydrogens is 376 g/mol. The summed E-state index contributed by atoms with van der Waals surface area (Å²) in [6, 6.07) is 8.44. The predicted octanol–water partition coefficient (Wildman–Crippen LogP) is 1.58. The summed E-state index contributed by atoms with van der Waals surface area (Å²) >= 11 is 0. The number of benzene rings is 1. The third-order valence-electron chi connectivity index (χ3n) is 5.30. The quantitative estimate of drug-likeness (QED) is 0.767. The maximum atomic E-state index is 12.6. The molecule has 0 unspecified atom stereocenters. The number of piperidine rings is 1. The molecule has 1 aromatic heterocycles. The number of carbonyl (C=O) groups excluding carboxylic acids is 3. The maximum absolute atomic E-state index is 12.6. The number of hydrogen-bond donors (Lipinski definition) is 1. The van der Waals surface area contributed by atoms with Crippen LogP contribution in [0.2, 0.25) is 0 Å². The number of aromatic nitrogens is 2. The molecule has 1 aromatic carbocycles.